The van der Waals surface area contributed by atoms with Crippen molar-refractivity contribution in [2.24, 2.45) is 5.92 Å². The van der Waals surface area contributed by atoms with Crippen LogP contribution < -0.4 is 4.74 Å². The first-order valence-electron chi connectivity index (χ1n) is 9.67. The lowest BCUT2D eigenvalue weighted by atomic mass is 10.1. The van der Waals surface area contributed by atoms with Gasteiger partial charge in [-0.05, 0) is 30.5 Å². The molecule has 0 aliphatic carbocycles. The second-order valence-corrected chi connectivity index (χ2v) is 6.76. The lowest BCUT2D eigenvalue weighted by Gasteiger charge is -2.25. The molecule has 0 fully saturated rings. The first-order chi connectivity index (χ1) is 13.6. The molecule has 2 aromatic carbocycles. The fourth-order valence-electron chi connectivity index (χ4n) is 2.92. The van der Waals surface area contributed by atoms with Crippen LogP contribution in [-0.4, -0.2) is 43.6 Å². The van der Waals surface area contributed by atoms with E-state index in [1.807, 2.05) is 60.7 Å². The molecule has 0 aliphatic heterocycles. The Morgan fingerprint density at radius 2 is 1.64 bits per heavy atom. The number of hydrogen-bond acceptors (Lipinski definition) is 4. The molecule has 1 atom stereocenters. The van der Waals surface area contributed by atoms with Crippen LogP contribution in [0.15, 0.2) is 60.7 Å². The number of ether oxygens (including phenoxy) is 2. The molecule has 0 saturated heterocycles. The third-order valence-electron chi connectivity index (χ3n) is 4.51. The van der Waals surface area contributed by atoms with Gasteiger partial charge in [-0.15, -0.1) is 0 Å². The van der Waals surface area contributed by atoms with Crippen molar-refractivity contribution in [3.63, 3.8) is 0 Å². The Morgan fingerprint density at radius 1 is 1.00 bits per heavy atom. The summed E-state index contributed by atoms with van der Waals surface area (Å²) in [5.41, 5.74) is 1.17. The number of benzene rings is 2. The smallest absolute Gasteiger partial charge is 0.310 e. The van der Waals surface area contributed by atoms with Crippen LogP contribution in [0, 0.1) is 5.92 Å². The second kappa shape index (κ2) is 11.8. The fraction of sp³-hybridized carbons (Fsp3) is 0.391. The molecule has 5 nitrogen and oxygen atoms in total. The fourth-order valence-corrected chi connectivity index (χ4v) is 2.92. The van der Waals surface area contributed by atoms with Gasteiger partial charge in [-0.2, -0.15) is 0 Å². The molecule has 0 aliphatic rings. The summed E-state index contributed by atoms with van der Waals surface area (Å²) < 4.78 is 10.5. The van der Waals surface area contributed by atoms with Gasteiger partial charge in [-0.3, -0.25) is 9.59 Å². The number of para-hydroxylation sites is 1. The maximum absolute atomic E-state index is 12.7. The summed E-state index contributed by atoms with van der Waals surface area (Å²) in [7, 11) is 1.37. The number of nitrogens with zero attached hydrogens (tertiary/aromatic N) is 1. The van der Waals surface area contributed by atoms with E-state index in [9.17, 15) is 9.59 Å². The molecule has 0 radical (unpaired) electrons. The quantitative estimate of drug-likeness (QED) is 0.438. The van der Waals surface area contributed by atoms with Gasteiger partial charge in [0, 0.05) is 19.5 Å². The highest BCUT2D eigenvalue weighted by Crippen LogP contribution is 2.11. The van der Waals surface area contributed by atoms with E-state index in [0.717, 1.165) is 12.2 Å². The zero-order valence-electron chi connectivity index (χ0n) is 16.7. The van der Waals surface area contributed by atoms with Crippen molar-refractivity contribution in [3.05, 3.63) is 66.2 Å². The van der Waals surface area contributed by atoms with Crippen molar-refractivity contribution in [3.8, 4) is 5.75 Å². The van der Waals surface area contributed by atoms with E-state index >= 15 is 0 Å². The molecule has 0 bridgehead atoms. The molecule has 2 rings (SSSR count). The van der Waals surface area contributed by atoms with Crippen molar-refractivity contribution in [1.82, 2.24) is 4.90 Å². The van der Waals surface area contributed by atoms with Crippen molar-refractivity contribution >= 4 is 11.9 Å². The Morgan fingerprint density at radius 3 is 2.29 bits per heavy atom. The monoisotopic (exact) mass is 383 g/mol. The minimum absolute atomic E-state index is 0.0309. The van der Waals surface area contributed by atoms with Crippen LogP contribution in [0.3, 0.4) is 0 Å². The highest BCUT2D eigenvalue weighted by molar-refractivity contribution is 5.78. The molecule has 0 heterocycles. The summed E-state index contributed by atoms with van der Waals surface area (Å²) >= 11 is 0. The number of hydrogen-bond donors (Lipinski definition) is 0. The Hall–Kier alpha value is -2.82. The second-order valence-electron chi connectivity index (χ2n) is 6.76. The summed E-state index contributed by atoms with van der Waals surface area (Å²) in [5.74, 6) is 0.175. The topological polar surface area (TPSA) is 55.8 Å². The highest BCUT2D eigenvalue weighted by Gasteiger charge is 2.21. The van der Waals surface area contributed by atoms with E-state index in [1.165, 1.54) is 12.7 Å². The van der Waals surface area contributed by atoms with Crippen LogP contribution >= 0.6 is 0 Å². The van der Waals surface area contributed by atoms with Gasteiger partial charge in [0.1, 0.15) is 5.75 Å². The number of carbonyl (C=O) groups is 2. The third-order valence-corrected chi connectivity index (χ3v) is 4.51. The molecule has 0 aromatic heterocycles. The van der Waals surface area contributed by atoms with E-state index in [-0.39, 0.29) is 17.8 Å². The number of carbonyl (C=O) groups excluding carboxylic acids is 2. The average molecular weight is 383 g/mol. The molecule has 28 heavy (non-hydrogen) atoms. The summed E-state index contributed by atoms with van der Waals surface area (Å²) in [6, 6.07) is 19.6. The number of rotatable bonds is 11. The summed E-state index contributed by atoms with van der Waals surface area (Å²) in [5, 5.41) is 0. The lowest BCUT2D eigenvalue weighted by molar-refractivity contribution is -0.146. The SMILES string of the molecule is COC(=O)C(C)CN(CCc1ccccc1)C(=O)CCCOc1ccccc1. The molecular weight excluding hydrogens is 354 g/mol. The number of methoxy groups -OCH3 is 1. The molecular formula is C23H29NO4. The molecule has 1 unspecified atom stereocenters. The zero-order chi connectivity index (χ0) is 20.2. The van der Waals surface area contributed by atoms with E-state index < -0.39 is 0 Å². The predicted octanol–water partition coefficient (Wildman–Crippen LogP) is 3.73. The summed E-state index contributed by atoms with van der Waals surface area (Å²) in [6.45, 7) is 3.20. The predicted molar refractivity (Wildman–Crippen MR) is 109 cm³/mol. The summed E-state index contributed by atoms with van der Waals surface area (Å²) in [6.07, 6.45) is 1.76. The van der Waals surface area contributed by atoms with Gasteiger partial charge < -0.3 is 14.4 Å². The normalized spacial score (nSPS) is 11.5. The molecule has 0 saturated carbocycles. The largest absolute Gasteiger partial charge is 0.494 e. The minimum atomic E-state index is -0.356. The third kappa shape index (κ3) is 7.43. The van der Waals surface area contributed by atoms with Crippen LogP contribution in [0.25, 0.3) is 0 Å². The van der Waals surface area contributed by atoms with E-state index in [4.69, 9.17) is 9.47 Å². The van der Waals surface area contributed by atoms with Crippen LogP contribution in [0.1, 0.15) is 25.3 Å². The van der Waals surface area contributed by atoms with Crippen molar-refractivity contribution in [2.75, 3.05) is 26.8 Å². The van der Waals surface area contributed by atoms with E-state index in [2.05, 4.69) is 0 Å². The van der Waals surface area contributed by atoms with Crippen LogP contribution in [0.2, 0.25) is 0 Å². The standard InChI is InChI=1S/C23H29NO4/c1-19(23(26)27-2)18-24(16-15-20-10-5-3-6-11-20)22(25)14-9-17-28-21-12-7-4-8-13-21/h3-8,10-13,19H,9,14-18H2,1-2H3. The lowest BCUT2D eigenvalue weighted by Crippen LogP contribution is -2.38. The molecule has 0 N–H and O–H groups in total. The summed E-state index contributed by atoms with van der Waals surface area (Å²) in [4.78, 5) is 26.3. The number of esters is 1. The maximum atomic E-state index is 12.7. The van der Waals surface area contributed by atoms with Crippen molar-refractivity contribution in [2.45, 2.75) is 26.2 Å². The molecule has 5 heteroatoms. The van der Waals surface area contributed by atoms with E-state index in [1.54, 1.807) is 11.8 Å². The van der Waals surface area contributed by atoms with Crippen molar-refractivity contribution in [1.29, 1.82) is 0 Å². The Labute approximate surface area is 167 Å². The first kappa shape index (κ1) is 21.5. The molecule has 1 amide bonds. The zero-order valence-corrected chi connectivity index (χ0v) is 16.7. The molecule has 0 spiro atoms. The Bertz CT molecular complexity index is 718. The highest BCUT2D eigenvalue weighted by atomic mass is 16.5. The van der Waals surface area contributed by atoms with Crippen LogP contribution in [0.4, 0.5) is 0 Å². The molecule has 150 valence electrons. The van der Waals surface area contributed by atoms with Gasteiger partial charge in [0.25, 0.3) is 0 Å². The molecule has 2 aromatic rings. The van der Waals surface area contributed by atoms with Crippen molar-refractivity contribution < 1.29 is 19.1 Å². The van der Waals surface area contributed by atoms with E-state index in [0.29, 0.717) is 32.5 Å². The van der Waals surface area contributed by atoms with Gasteiger partial charge in [-0.1, -0.05) is 55.5 Å². The van der Waals surface area contributed by atoms with Gasteiger partial charge in [-0.25, -0.2) is 0 Å². The average Bonchev–Trinajstić information content (AvgIpc) is 2.74. The Balaban J connectivity index is 1.86. The first-order valence-corrected chi connectivity index (χ1v) is 9.67. The minimum Gasteiger partial charge on any atom is -0.494 e. The van der Waals surface area contributed by atoms with Gasteiger partial charge >= 0.3 is 5.97 Å². The Kier molecular flexibility index (Phi) is 9.05. The van der Waals surface area contributed by atoms with Gasteiger partial charge in [0.05, 0.1) is 19.6 Å². The number of amides is 1. The van der Waals surface area contributed by atoms with Crippen LogP contribution in [-0.2, 0) is 20.7 Å². The van der Waals surface area contributed by atoms with Gasteiger partial charge in [0.2, 0.25) is 5.91 Å². The van der Waals surface area contributed by atoms with Gasteiger partial charge in [0.15, 0.2) is 0 Å². The maximum Gasteiger partial charge on any atom is 0.310 e. The van der Waals surface area contributed by atoms with Crippen LogP contribution in [0.5, 0.6) is 5.75 Å².